The van der Waals surface area contributed by atoms with Gasteiger partial charge in [0.2, 0.25) is 5.91 Å². The quantitative estimate of drug-likeness (QED) is 0.686. The van der Waals surface area contributed by atoms with Crippen molar-refractivity contribution >= 4 is 17.6 Å². The average molecular weight is 421 g/mol. The van der Waals surface area contributed by atoms with Gasteiger partial charge >= 0.3 is 0 Å². The second-order valence-corrected chi connectivity index (χ2v) is 7.80. The first-order valence-corrected chi connectivity index (χ1v) is 10.3. The van der Waals surface area contributed by atoms with E-state index in [4.69, 9.17) is 0 Å². The lowest BCUT2D eigenvalue weighted by Crippen LogP contribution is -2.35. The topological polar surface area (TPSA) is 80.1 Å². The monoisotopic (exact) mass is 421 g/mol. The van der Waals surface area contributed by atoms with E-state index in [2.05, 4.69) is 15.4 Å². The Bertz CT molecular complexity index is 1120. The maximum absolute atomic E-state index is 13.3. The first-order chi connectivity index (χ1) is 14.9. The average Bonchev–Trinajstić information content (AvgIpc) is 3.13. The number of halogens is 1. The Labute approximate surface area is 179 Å². The van der Waals surface area contributed by atoms with Crippen molar-refractivity contribution in [1.29, 1.82) is 0 Å². The van der Waals surface area contributed by atoms with Crippen molar-refractivity contribution in [3.63, 3.8) is 0 Å². The molecule has 160 valence electrons. The fraction of sp³-hybridized carbons (Fsp3) is 0.304. The van der Waals surface area contributed by atoms with Crippen LogP contribution in [-0.2, 0) is 17.6 Å². The zero-order chi connectivity index (χ0) is 22.0. The SMILES string of the molecule is Cc1ccnc(NC(=O)CN(C)C(=O)c2nn(-c3ccc(F)cc3)c3c2CCCC3)c1. The Hall–Kier alpha value is -3.55. The van der Waals surface area contributed by atoms with Crippen LogP contribution in [0.5, 0.6) is 0 Å². The van der Waals surface area contributed by atoms with Gasteiger partial charge in [0.1, 0.15) is 11.6 Å². The van der Waals surface area contributed by atoms with Crippen LogP contribution in [0.1, 0.15) is 40.2 Å². The molecule has 2 aromatic heterocycles. The Kier molecular flexibility index (Phi) is 5.79. The zero-order valence-electron chi connectivity index (χ0n) is 17.6. The van der Waals surface area contributed by atoms with E-state index in [1.165, 1.54) is 17.0 Å². The van der Waals surface area contributed by atoms with Crippen molar-refractivity contribution in [2.24, 2.45) is 0 Å². The Balaban J connectivity index is 1.55. The van der Waals surface area contributed by atoms with E-state index < -0.39 is 0 Å². The van der Waals surface area contributed by atoms with Crippen LogP contribution in [0.25, 0.3) is 5.69 Å². The number of aryl methyl sites for hydroxylation is 1. The molecule has 0 unspecified atom stereocenters. The fourth-order valence-electron chi connectivity index (χ4n) is 3.82. The van der Waals surface area contributed by atoms with Crippen LogP contribution in [0.15, 0.2) is 42.6 Å². The van der Waals surface area contributed by atoms with Gasteiger partial charge in [0, 0.05) is 24.5 Å². The molecule has 8 heteroatoms. The molecule has 0 radical (unpaired) electrons. The van der Waals surface area contributed by atoms with E-state index in [-0.39, 0.29) is 24.2 Å². The van der Waals surface area contributed by atoms with Crippen molar-refractivity contribution in [2.45, 2.75) is 32.6 Å². The number of carbonyl (C=O) groups excluding carboxylic acids is 2. The molecule has 0 fully saturated rings. The minimum Gasteiger partial charge on any atom is -0.331 e. The second-order valence-electron chi connectivity index (χ2n) is 7.80. The molecule has 31 heavy (non-hydrogen) atoms. The summed E-state index contributed by atoms with van der Waals surface area (Å²) in [5.74, 6) is -0.522. The molecule has 1 aliphatic rings. The summed E-state index contributed by atoms with van der Waals surface area (Å²) in [6.45, 7) is 1.79. The molecule has 0 saturated carbocycles. The van der Waals surface area contributed by atoms with Gasteiger partial charge in [-0.3, -0.25) is 9.59 Å². The van der Waals surface area contributed by atoms with Crippen LogP contribution >= 0.6 is 0 Å². The van der Waals surface area contributed by atoms with Crippen molar-refractivity contribution in [3.05, 3.63) is 70.9 Å². The van der Waals surface area contributed by atoms with Gasteiger partial charge in [-0.1, -0.05) is 0 Å². The normalized spacial score (nSPS) is 12.9. The Morgan fingerprint density at radius 2 is 1.90 bits per heavy atom. The van der Waals surface area contributed by atoms with Crippen molar-refractivity contribution in [2.75, 3.05) is 18.9 Å². The molecular weight excluding hydrogens is 397 g/mol. The van der Waals surface area contributed by atoms with E-state index in [0.717, 1.165) is 42.5 Å². The van der Waals surface area contributed by atoms with Gasteiger partial charge in [-0.2, -0.15) is 5.10 Å². The Morgan fingerprint density at radius 3 is 2.65 bits per heavy atom. The zero-order valence-corrected chi connectivity index (χ0v) is 17.6. The van der Waals surface area contributed by atoms with Gasteiger partial charge in [-0.05, 0) is 74.6 Å². The third-order valence-corrected chi connectivity index (χ3v) is 5.36. The van der Waals surface area contributed by atoms with Crippen LogP contribution in [0, 0.1) is 12.7 Å². The highest BCUT2D eigenvalue weighted by Crippen LogP contribution is 2.27. The number of hydrogen-bond acceptors (Lipinski definition) is 4. The standard InChI is InChI=1S/C23H24FN5O2/c1-15-11-12-25-20(13-15)26-21(30)14-28(2)23(31)22-18-5-3-4-6-19(18)29(27-22)17-9-7-16(24)8-10-17/h7-13H,3-6,14H2,1-2H3,(H,25,26,30). The molecular formula is C23H24FN5O2. The number of nitrogens with zero attached hydrogens (tertiary/aromatic N) is 4. The highest BCUT2D eigenvalue weighted by atomic mass is 19.1. The van der Waals surface area contributed by atoms with Crippen molar-refractivity contribution < 1.29 is 14.0 Å². The lowest BCUT2D eigenvalue weighted by atomic mass is 9.95. The maximum atomic E-state index is 13.3. The van der Waals surface area contributed by atoms with Gasteiger partial charge < -0.3 is 10.2 Å². The van der Waals surface area contributed by atoms with E-state index in [1.54, 1.807) is 36.1 Å². The molecule has 0 aliphatic heterocycles. The van der Waals surface area contributed by atoms with Crippen molar-refractivity contribution in [1.82, 2.24) is 19.7 Å². The number of nitrogens with one attached hydrogen (secondary N) is 1. The summed E-state index contributed by atoms with van der Waals surface area (Å²) in [4.78, 5) is 31.0. The molecule has 1 aromatic carbocycles. The fourth-order valence-corrected chi connectivity index (χ4v) is 3.82. The minimum absolute atomic E-state index is 0.118. The minimum atomic E-state index is -0.333. The number of anilines is 1. The van der Waals surface area contributed by atoms with E-state index in [1.807, 2.05) is 13.0 Å². The number of rotatable bonds is 5. The van der Waals surface area contributed by atoms with Crippen LogP contribution in [0.2, 0.25) is 0 Å². The predicted octanol–water partition coefficient (Wildman–Crippen LogP) is 3.30. The molecule has 0 spiro atoms. The molecule has 0 saturated heterocycles. The van der Waals surface area contributed by atoms with E-state index in [0.29, 0.717) is 17.2 Å². The largest absolute Gasteiger partial charge is 0.331 e. The van der Waals surface area contributed by atoms with Crippen LogP contribution in [0.3, 0.4) is 0 Å². The second kappa shape index (κ2) is 8.67. The Morgan fingerprint density at radius 1 is 1.16 bits per heavy atom. The van der Waals surface area contributed by atoms with E-state index >= 15 is 0 Å². The molecule has 7 nitrogen and oxygen atoms in total. The number of pyridine rings is 1. The number of carbonyl (C=O) groups is 2. The number of hydrogen-bond donors (Lipinski definition) is 1. The maximum Gasteiger partial charge on any atom is 0.274 e. The smallest absolute Gasteiger partial charge is 0.274 e. The number of amides is 2. The summed E-state index contributed by atoms with van der Waals surface area (Å²) in [6, 6.07) is 9.66. The number of likely N-dealkylation sites (N-methyl/N-ethyl adjacent to an activating group) is 1. The first-order valence-electron chi connectivity index (χ1n) is 10.3. The third-order valence-electron chi connectivity index (χ3n) is 5.36. The van der Waals surface area contributed by atoms with Gasteiger partial charge in [0.15, 0.2) is 5.69 Å². The predicted molar refractivity (Wildman–Crippen MR) is 115 cm³/mol. The third kappa shape index (κ3) is 4.47. The van der Waals surface area contributed by atoms with E-state index in [9.17, 15) is 14.0 Å². The molecule has 0 atom stereocenters. The lowest BCUT2D eigenvalue weighted by Gasteiger charge is -2.17. The summed E-state index contributed by atoms with van der Waals surface area (Å²) >= 11 is 0. The molecule has 1 N–H and O–H groups in total. The number of aromatic nitrogens is 3. The molecule has 2 amide bonds. The molecule has 2 heterocycles. The number of fused-ring (bicyclic) bond motifs is 1. The first kappa shape index (κ1) is 20.7. The summed E-state index contributed by atoms with van der Waals surface area (Å²) in [5, 5.41) is 7.29. The summed E-state index contributed by atoms with van der Waals surface area (Å²) in [6.07, 6.45) is 5.16. The van der Waals surface area contributed by atoms with Crippen LogP contribution < -0.4 is 5.32 Å². The molecule has 0 bridgehead atoms. The molecule has 3 aromatic rings. The van der Waals surface area contributed by atoms with Crippen molar-refractivity contribution in [3.8, 4) is 5.69 Å². The van der Waals surface area contributed by atoms with Crippen LogP contribution in [0.4, 0.5) is 10.2 Å². The molecule has 4 rings (SSSR count). The number of benzene rings is 1. The highest BCUT2D eigenvalue weighted by molar-refractivity contribution is 5.99. The lowest BCUT2D eigenvalue weighted by molar-refractivity contribution is -0.116. The van der Waals surface area contributed by atoms with Gasteiger partial charge in [0.25, 0.3) is 5.91 Å². The summed E-state index contributed by atoms with van der Waals surface area (Å²) < 4.78 is 15.1. The highest BCUT2D eigenvalue weighted by Gasteiger charge is 2.28. The van der Waals surface area contributed by atoms with Gasteiger partial charge in [0.05, 0.1) is 12.2 Å². The van der Waals surface area contributed by atoms with Crippen LogP contribution in [-0.4, -0.2) is 45.1 Å². The van der Waals surface area contributed by atoms with Gasteiger partial charge in [-0.15, -0.1) is 0 Å². The molecule has 1 aliphatic carbocycles. The van der Waals surface area contributed by atoms with Gasteiger partial charge in [-0.25, -0.2) is 14.1 Å². The summed E-state index contributed by atoms with van der Waals surface area (Å²) in [5.41, 5.74) is 3.93. The summed E-state index contributed by atoms with van der Waals surface area (Å²) in [7, 11) is 1.58.